The second kappa shape index (κ2) is 2.36. The van der Waals surface area contributed by atoms with Crippen molar-refractivity contribution < 1.29 is 4.74 Å². The van der Waals surface area contributed by atoms with Gasteiger partial charge in [-0.25, -0.2) is 0 Å². The average molecular weight is 124 g/mol. The molecule has 0 fully saturated rings. The molecule has 1 aliphatic carbocycles. The van der Waals surface area contributed by atoms with Crippen LogP contribution in [0.5, 0.6) is 0 Å². The molecule has 0 spiro atoms. The van der Waals surface area contributed by atoms with Crippen molar-refractivity contribution in [3.63, 3.8) is 0 Å². The summed E-state index contributed by atoms with van der Waals surface area (Å²) in [5, 5.41) is 0. The molecule has 0 radical (unpaired) electrons. The lowest BCUT2D eigenvalue weighted by molar-refractivity contribution is 0.0506. The smallest absolute Gasteiger partial charge is 0.0868 e. The first-order valence-corrected chi connectivity index (χ1v) is 3.16. The van der Waals surface area contributed by atoms with E-state index >= 15 is 0 Å². The first-order valence-electron chi connectivity index (χ1n) is 3.16. The predicted octanol–water partition coefficient (Wildman–Crippen LogP) is 1.91. The Kier molecular flexibility index (Phi) is 1.72. The van der Waals surface area contributed by atoms with Crippen LogP contribution in [0.25, 0.3) is 0 Å². The van der Waals surface area contributed by atoms with E-state index in [1.165, 1.54) is 0 Å². The van der Waals surface area contributed by atoms with Crippen molar-refractivity contribution in [1.29, 1.82) is 0 Å². The normalized spacial score (nSPS) is 33.1. The zero-order chi connectivity index (χ0) is 6.74. The molecule has 0 bridgehead atoms. The minimum absolute atomic E-state index is 0.0469. The lowest BCUT2D eigenvalue weighted by atomic mass is 9.98. The SMILES string of the molecule is CO[C@@]1(C)C=CC=CC1. The predicted molar refractivity (Wildman–Crippen MR) is 38.3 cm³/mol. The van der Waals surface area contributed by atoms with Gasteiger partial charge in [0, 0.05) is 7.11 Å². The molecule has 1 rings (SSSR count). The number of hydrogen-bond donors (Lipinski definition) is 0. The molecule has 50 valence electrons. The highest BCUT2D eigenvalue weighted by Crippen LogP contribution is 2.19. The molecule has 1 heteroatoms. The monoisotopic (exact) mass is 124 g/mol. The van der Waals surface area contributed by atoms with E-state index in [1.807, 2.05) is 12.2 Å². The highest BCUT2D eigenvalue weighted by atomic mass is 16.5. The van der Waals surface area contributed by atoms with Crippen molar-refractivity contribution in [3.8, 4) is 0 Å². The fourth-order valence-electron chi connectivity index (χ4n) is 0.859. The van der Waals surface area contributed by atoms with Gasteiger partial charge in [-0.05, 0) is 13.3 Å². The topological polar surface area (TPSA) is 9.23 Å². The van der Waals surface area contributed by atoms with Crippen LogP contribution in [0, 0.1) is 0 Å². The minimum Gasteiger partial charge on any atom is -0.374 e. The van der Waals surface area contributed by atoms with Gasteiger partial charge in [-0.2, -0.15) is 0 Å². The Morgan fingerprint density at radius 1 is 1.44 bits per heavy atom. The van der Waals surface area contributed by atoms with Gasteiger partial charge in [-0.1, -0.05) is 24.3 Å². The first-order chi connectivity index (χ1) is 4.27. The number of hydrogen-bond acceptors (Lipinski definition) is 1. The van der Waals surface area contributed by atoms with Crippen molar-refractivity contribution >= 4 is 0 Å². The second-order valence-electron chi connectivity index (χ2n) is 2.51. The summed E-state index contributed by atoms with van der Waals surface area (Å²) >= 11 is 0. The van der Waals surface area contributed by atoms with Gasteiger partial charge in [0.2, 0.25) is 0 Å². The van der Waals surface area contributed by atoms with Gasteiger partial charge in [0.25, 0.3) is 0 Å². The molecule has 0 aromatic heterocycles. The molecule has 0 aromatic rings. The van der Waals surface area contributed by atoms with Crippen molar-refractivity contribution in [2.75, 3.05) is 7.11 Å². The van der Waals surface area contributed by atoms with Crippen LogP contribution >= 0.6 is 0 Å². The molecule has 1 aliphatic rings. The third-order valence-electron chi connectivity index (χ3n) is 1.69. The summed E-state index contributed by atoms with van der Waals surface area (Å²) in [5.74, 6) is 0. The van der Waals surface area contributed by atoms with E-state index in [1.54, 1.807) is 7.11 Å². The lowest BCUT2D eigenvalue weighted by Gasteiger charge is -2.24. The molecule has 1 atom stereocenters. The van der Waals surface area contributed by atoms with Crippen LogP contribution in [0.2, 0.25) is 0 Å². The summed E-state index contributed by atoms with van der Waals surface area (Å²) in [7, 11) is 1.74. The standard InChI is InChI=1S/C8H12O/c1-8(9-2)6-4-3-5-7-8/h3-6H,7H2,1-2H3/t8-/m0/s1. The minimum atomic E-state index is -0.0469. The molecule has 9 heavy (non-hydrogen) atoms. The molecule has 1 nitrogen and oxygen atoms in total. The van der Waals surface area contributed by atoms with E-state index in [0.717, 1.165) is 6.42 Å². The lowest BCUT2D eigenvalue weighted by Crippen LogP contribution is -2.24. The largest absolute Gasteiger partial charge is 0.374 e. The first kappa shape index (κ1) is 6.56. The average Bonchev–Trinajstić information content (AvgIpc) is 1.90. The molecular formula is C8H12O. The van der Waals surface area contributed by atoms with Crippen LogP contribution in [-0.2, 0) is 4.74 Å². The maximum Gasteiger partial charge on any atom is 0.0868 e. The Bertz CT molecular complexity index is 147. The Balaban J connectivity index is 2.63. The molecule has 0 aliphatic heterocycles. The van der Waals surface area contributed by atoms with Gasteiger partial charge in [0.05, 0.1) is 5.60 Å². The Morgan fingerprint density at radius 3 is 2.56 bits per heavy atom. The molecule has 0 saturated carbocycles. The van der Waals surface area contributed by atoms with Gasteiger partial charge >= 0.3 is 0 Å². The van der Waals surface area contributed by atoms with Crippen molar-refractivity contribution in [3.05, 3.63) is 24.3 Å². The summed E-state index contributed by atoms with van der Waals surface area (Å²) in [6.45, 7) is 2.08. The molecule has 0 aromatic carbocycles. The molecule has 0 saturated heterocycles. The van der Waals surface area contributed by atoms with Gasteiger partial charge in [0.1, 0.15) is 0 Å². The number of allylic oxidation sites excluding steroid dienone is 2. The van der Waals surface area contributed by atoms with Gasteiger partial charge in [-0.3, -0.25) is 0 Å². The van der Waals surface area contributed by atoms with Crippen LogP contribution in [0.4, 0.5) is 0 Å². The number of rotatable bonds is 1. The van der Waals surface area contributed by atoms with Crippen molar-refractivity contribution in [2.24, 2.45) is 0 Å². The zero-order valence-corrected chi connectivity index (χ0v) is 5.92. The number of methoxy groups -OCH3 is 1. The zero-order valence-electron chi connectivity index (χ0n) is 5.92. The van der Waals surface area contributed by atoms with E-state index in [0.29, 0.717) is 0 Å². The molecule has 0 N–H and O–H groups in total. The van der Waals surface area contributed by atoms with E-state index in [4.69, 9.17) is 4.74 Å². The highest BCUT2D eigenvalue weighted by molar-refractivity contribution is 5.16. The summed E-state index contributed by atoms with van der Waals surface area (Å²) in [5.41, 5.74) is -0.0469. The Labute approximate surface area is 56.0 Å². The summed E-state index contributed by atoms with van der Waals surface area (Å²) in [6.07, 6.45) is 9.24. The van der Waals surface area contributed by atoms with Crippen LogP contribution in [0.15, 0.2) is 24.3 Å². The Morgan fingerprint density at radius 2 is 2.22 bits per heavy atom. The van der Waals surface area contributed by atoms with E-state index in [-0.39, 0.29) is 5.60 Å². The fraction of sp³-hybridized carbons (Fsp3) is 0.500. The summed E-state index contributed by atoms with van der Waals surface area (Å²) < 4.78 is 5.24. The number of ether oxygens (including phenoxy) is 1. The van der Waals surface area contributed by atoms with Crippen molar-refractivity contribution in [2.45, 2.75) is 18.9 Å². The summed E-state index contributed by atoms with van der Waals surface area (Å²) in [4.78, 5) is 0. The maximum atomic E-state index is 5.24. The van der Waals surface area contributed by atoms with Gasteiger partial charge in [-0.15, -0.1) is 0 Å². The third kappa shape index (κ3) is 1.42. The molecule has 0 unspecified atom stereocenters. The van der Waals surface area contributed by atoms with Crippen LogP contribution < -0.4 is 0 Å². The highest BCUT2D eigenvalue weighted by Gasteiger charge is 2.18. The van der Waals surface area contributed by atoms with Crippen LogP contribution in [0.3, 0.4) is 0 Å². The van der Waals surface area contributed by atoms with E-state index < -0.39 is 0 Å². The molecule has 0 heterocycles. The molecule has 0 amide bonds. The van der Waals surface area contributed by atoms with Gasteiger partial charge < -0.3 is 4.74 Å². The fourth-order valence-corrected chi connectivity index (χ4v) is 0.859. The van der Waals surface area contributed by atoms with E-state index in [2.05, 4.69) is 19.1 Å². The van der Waals surface area contributed by atoms with E-state index in [9.17, 15) is 0 Å². The van der Waals surface area contributed by atoms with Gasteiger partial charge in [0.15, 0.2) is 0 Å². The molecular weight excluding hydrogens is 112 g/mol. The summed E-state index contributed by atoms with van der Waals surface area (Å²) in [6, 6.07) is 0. The third-order valence-corrected chi connectivity index (χ3v) is 1.69. The maximum absolute atomic E-state index is 5.24. The van der Waals surface area contributed by atoms with Crippen LogP contribution in [0.1, 0.15) is 13.3 Å². The van der Waals surface area contributed by atoms with Crippen molar-refractivity contribution in [1.82, 2.24) is 0 Å². The Hall–Kier alpha value is -0.560. The van der Waals surface area contributed by atoms with Crippen LogP contribution in [-0.4, -0.2) is 12.7 Å². The quantitative estimate of drug-likeness (QED) is 0.518. The second-order valence-corrected chi connectivity index (χ2v) is 2.51.